The molecule has 0 aliphatic heterocycles. The standard InChI is InChI=1S/C14H11BrClNO2S/c15-14-11(2-1-3-13(14)17(18)19)9-20-8-10-4-6-12(16)7-5-10/h1-7H,8-9H2. The normalized spacial score (nSPS) is 10.5. The molecule has 0 spiro atoms. The Bertz CT molecular complexity index is 619. The number of rotatable bonds is 5. The second-order valence-corrected chi connectivity index (χ2v) is 6.34. The molecular formula is C14H11BrClNO2S. The number of hydrogen-bond donors (Lipinski definition) is 0. The average molecular weight is 373 g/mol. The Balaban J connectivity index is 1.99. The summed E-state index contributed by atoms with van der Waals surface area (Å²) in [6, 6.07) is 12.8. The van der Waals surface area contributed by atoms with E-state index in [-0.39, 0.29) is 10.6 Å². The maximum atomic E-state index is 10.9. The van der Waals surface area contributed by atoms with Crippen LogP contribution in [0.4, 0.5) is 5.69 Å². The molecular weight excluding hydrogens is 362 g/mol. The first-order valence-corrected chi connectivity index (χ1v) is 8.14. The maximum absolute atomic E-state index is 10.9. The fourth-order valence-corrected chi connectivity index (χ4v) is 3.53. The molecule has 3 nitrogen and oxygen atoms in total. The van der Waals surface area contributed by atoms with Crippen molar-refractivity contribution < 1.29 is 4.92 Å². The molecule has 0 unspecified atom stereocenters. The highest BCUT2D eigenvalue weighted by Crippen LogP contribution is 2.31. The van der Waals surface area contributed by atoms with Crippen LogP contribution >= 0.6 is 39.3 Å². The summed E-state index contributed by atoms with van der Waals surface area (Å²) in [6.45, 7) is 0. The smallest absolute Gasteiger partial charge is 0.258 e. The van der Waals surface area contributed by atoms with E-state index < -0.39 is 0 Å². The van der Waals surface area contributed by atoms with E-state index in [1.165, 1.54) is 11.6 Å². The Morgan fingerprint density at radius 3 is 2.50 bits per heavy atom. The molecule has 0 fully saturated rings. The number of halogens is 2. The van der Waals surface area contributed by atoms with Crippen LogP contribution < -0.4 is 0 Å². The molecule has 2 aromatic carbocycles. The monoisotopic (exact) mass is 371 g/mol. The highest BCUT2D eigenvalue weighted by molar-refractivity contribution is 9.10. The zero-order chi connectivity index (χ0) is 14.5. The third-order valence-electron chi connectivity index (χ3n) is 2.69. The van der Waals surface area contributed by atoms with Crippen LogP contribution in [0.15, 0.2) is 46.9 Å². The molecule has 6 heteroatoms. The largest absolute Gasteiger partial charge is 0.283 e. The number of nitro benzene ring substituents is 1. The first kappa shape index (κ1) is 15.4. The van der Waals surface area contributed by atoms with Gasteiger partial charge in [-0.25, -0.2) is 0 Å². The first-order valence-electron chi connectivity index (χ1n) is 5.82. The van der Waals surface area contributed by atoms with Crippen molar-refractivity contribution in [3.63, 3.8) is 0 Å². The Labute approximate surface area is 134 Å². The summed E-state index contributed by atoms with van der Waals surface area (Å²) in [5.41, 5.74) is 2.22. The topological polar surface area (TPSA) is 43.1 Å². The van der Waals surface area contributed by atoms with E-state index in [4.69, 9.17) is 11.6 Å². The van der Waals surface area contributed by atoms with Crippen LogP contribution in [0.1, 0.15) is 11.1 Å². The van der Waals surface area contributed by atoms with Gasteiger partial charge in [-0.2, -0.15) is 11.8 Å². The summed E-state index contributed by atoms with van der Waals surface area (Å²) >= 11 is 10.8. The predicted octanol–water partition coefficient (Wildman–Crippen LogP) is 5.44. The second-order valence-electron chi connectivity index (χ2n) is 4.13. The van der Waals surface area contributed by atoms with Gasteiger partial charge < -0.3 is 0 Å². The molecule has 0 saturated heterocycles. The van der Waals surface area contributed by atoms with Crippen LogP contribution in [0.2, 0.25) is 5.02 Å². The van der Waals surface area contributed by atoms with Crippen molar-refractivity contribution in [3.05, 3.63) is 73.2 Å². The van der Waals surface area contributed by atoms with Crippen molar-refractivity contribution in [1.82, 2.24) is 0 Å². The third-order valence-corrected chi connectivity index (χ3v) is 4.91. The first-order chi connectivity index (χ1) is 9.58. The maximum Gasteiger partial charge on any atom is 0.283 e. The molecule has 0 radical (unpaired) electrons. The summed E-state index contributed by atoms with van der Waals surface area (Å²) in [6.07, 6.45) is 0. The predicted molar refractivity (Wildman–Crippen MR) is 87.2 cm³/mol. The van der Waals surface area contributed by atoms with E-state index in [1.54, 1.807) is 17.8 Å². The Kier molecular flexibility index (Phi) is 5.46. The molecule has 0 aliphatic rings. The Hall–Kier alpha value is -1.04. The minimum absolute atomic E-state index is 0.106. The summed E-state index contributed by atoms with van der Waals surface area (Å²) in [5, 5.41) is 11.6. The fourth-order valence-electron chi connectivity index (χ4n) is 1.68. The van der Waals surface area contributed by atoms with Crippen LogP contribution in [0.25, 0.3) is 0 Å². The van der Waals surface area contributed by atoms with Crippen LogP contribution in [0.3, 0.4) is 0 Å². The van der Waals surface area contributed by atoms with Crippen LogP contribution in [0.5, 0.6) is 0 Å². The lowest BCUT2D eigenvalue weighted by Crippen LogP contribution is -1.93. The van der Waals surface area contributed by atoms with Crippen molar-refractivity contribution in [2.24, 2.45) is 0 Å². The minimum atomic E-state index is -0.378. The van der Waals surface area contributed by atoms with Crippen molar-refractivity contribution in [2.75, 3.05) is 0 Å². The molecule has 2 rings (SSSR count). The zero-order valence-corrected chi connectivity index (χ0v) is 13.5. The summed E-state index contributed by atoms with van der Waals surface area (Å²) in [4.78, 5) is 10.5. The van der Waals surface area contributed by atoms with Gasteiger partial charge in [-0.05, 0) is 39.2 Å². The lowest BCUT2D eigenvalue weighted by molar-refractivity contribution is -0.385. The molecule has 20 heavy (non-hydrogen) atoms. The average Bonchev–Trinajstić information content (AvgIpc) is 2.42. The summed E-state index contributed by atoms with van der Waals surface area (Å²) < 4.78 is 0.564. The molecule has 0 heterocycles. The quantitative estimate of drug-likeness (QED) is 0.518. The van der Waals surface area contributed by atoms with Crippen LogP contribution in [-0.4, -0.2) is 4.92 Å². The molecule has 0 aromatic heterocycles. The highest BCUT2D eigenvalue weighted by atomic mass is 79.9. The van der Waals surface area contributed by atoms with Gasteiger partial charge in [-0.3, -0.25) is 10.1 Å². The van der Waals surface area contributed by atoms with E-state index in [2.05, 4.69) is 15.9 Å². The van der Waals surface area contributed by atoms with Crippen molar-refractivity contribution in [3.8, 4) is 0 Å². The van der Waals surface area contributed by atoms with Gasteiger partial charge in [-0.15, -0.1) is 0 Å². The lowest BCUT2D eigenvalue weighted by atomic mass is 10.2. The van der Waals surface area contributed by atoms with Gasteiger partial charge in [0.25, 0.3) is 5.69 Å². The van der Waals surface area contributed by atoms with Gasteiger partial charge in [-0.1, -0.05) is 35.9 Å². The number of nitro groups is 1. The van der Waals surface area contributed by atoms with E-state index in [0.717, 1.165) is 16.3 Å². The molecule has 2 aromatic rings. The number of hydrogen-bond acceptors (Lipinski definition) is 3. The van der Waals surface area contributed by atoms with Crippen molar-refractivity contribution in [2.45, 2.75) is 11.5 Å². The highest BCUT2D eigenvalue weighted by Gasteiger charge is 2.14. The lowest BCUT2D eigenvalue weighted by Gasteiger charge is -2.05. The molecule has 0 atom stereocenters. The zero-order valence-electron chi connectivity index (χ0n) is 10.4. The molecule has 0 aliphatic carbocycles. The minimum Gasteiger partial charge on any atom is -0.258 e. The van der Waals surface area contributed by atoms with Gasteiger partial charge in [0, 0.05) is 22.6 Å². The van der Waals surface area contributed by atoms with E-state index in [0.29, 0.717) is 10.2 Å². The Morgan fingerprint density at radius 1 is 1.15 bits per heavy atom. The van der Waals surface area contributed by atoms with Crippen LogP contribution in [-0.2, 0) is 11.5 Å². The molecule has 0 N–H and O–H groups in total. The molecule has 104 valence electrons. The van der Waals surface area contributed by atoms with Crippen molar-refractivity contribution >= 4 is 45.0 Å². The van der Waals surface area contributed by atoms with Crippen molar-refractivity contribution in [1.29, 1.82) is 0 Å². The number of nitrogens with zero attached hydrogens (tertiary/aromatic N) is 1. The molecule has 0 amide bonds. The fraction of sp³-hybridized carbons (Fsp3) is 0.143. The van der Waals surface area contributed by atoms with E-state index >= 15 is 0 Å². The SMILES string of the molecule is O=[N+]([O-])c1cccc(CSCc2ccc(Cl)cc2)c1Br. The van der Waals surface area contributed by atoms with E-state index in [9.17, 15) is 10.1 Å². The number of benzene rings is 2. The van der Waals surface area contributed by atoms with Crippen LogP contribution in [0, 0.1) is 10.1 Å². The van der Waals surface area contributed by atoms with Gasteiger partial charge in [0.05, 0.1) is 9.40 Å². The number of thioether (sulfide) groups is 1. The summed E-state index contributed by atoms with van der Waals surface area (Å²) in [7, 11) is 0. The third kappa shape index (κ3) is 3.98. The Morgan fingerprint density at radius 2 is 1.85 bits per heavy atom. The molecule has 0 bridgehead atoms. The van der Waals surface area contributed by atoms with Gasteiger partial charge in [0.2, 0.25) is 0 Å². The van der Waals surface area contributed by atoms with Gasteiger partial charge >= 0.3 is 0 Å². The molecule has 0 saturated carbocycles. The summed E-state index contributed by atoms with van der Waals surface area (Å²) in [5.74, 6) is 1.55. The van der Waals surface area contributed by atoms with Gasteiger partial charge in [0.15, 0.2) is 0 Å². The second kappa shape index (κ2) is 7.11. The van der Waals surface area contributed by atoms with E-state index in [1.807, 2.05) is 30.3 Å². The van der Waals surface area contributed by atoms with Gasteiger partial charge in [0.1, 0.15) is 0 Å².